The SMILES string of the molecule is Cc1cc(C(=O)C(c2cccs2)C(C#N)(C#N)C(C#N)C#N)c(C)s1. The van der Waals surface area contributed by atoms with Gasteiger partial charge in [-0.05, 0) is 31.4 Å². The Morgan fingerprint density at radius 1 is 1.16 bits per heavy atom. The lowest BCUT2D eigenvalue weighted by atomic mass is 9.66. The fourth-order valence-corrected chi connectivity index (χ4v) is 4.56. The molecule has 5 nitrogen and oxygen atoms in total. The molecule has 2 rings (SSSR count). The van der Waals surface area contributed by atoms with Crippen LogP contribution in [0.25, 0.3) is 0 Å². The van der Waals surface area contributed by atoms with E-state index >= 15 is 0 Å². The van der Waals surface area contributed by atoms with Crippen molar-refractivity contribution in [1.82, 2.24) is 0 Å². The minimum Gasteiger partial charge on any atom is -0.293 e. The summed E-state index contributed by atoms with van der Waals surface area (Å²) >= 11 is 2.67. The van der Waals surface area contributed by atoms with Gasteiger partial charge in [-0.2, -0.15) is 21.0 Å². The van der Waals surface area contributed by atoms with Gasteiger partial charge in [-0.3, -0.25) is 4.79 Å². The van der Waals surface area contributed by atoms with Crippen molar-refractivity contribution in [2.24, 2.45) is 11.3 Å². The maximum absolute atomic E-state index is 13.3. The van der Waals surface area contributed by atoms with E-state index in [-0.39, 0.29) is 0 Å². The van der Waals surface area contributed by atoms with Gasteiger partial charge in [0.15, 0.2) is 17.1 Å². The molecule has 0 N–H and O–H groups in total. The number of nitrogens with zero attached hydrogens (tertiary/aromatic N) is 4. The van der Waals surface area contributed by atoms with Crippen molar-refractivity contribution in [3.05, 3.63) is 43.8 Å². The normalized spacial score (nSPS) is 11.8. The first-order valence-corrected chi connectivity index (χ1v) is 8.91. The molecular formula is C18H12N4OS2. The fourth-order valence-electron chi connectivity index (χ4n) is 2.73. The highest BCUT2D eigenvalue weighted by Gasteiger charge is 2.52. The maximum Gasteiger partial charge on any atom is 0.187 e. The smallest absolute Gasteiger partial charge is 0.187 e. The Balaban J connectivity index is 2.74. The molecule has 25 heavy (non-hydrogen) atoms. The number of hydrogen-bond donors (Lipinski definition) is 0. The van der Waals surface area contributed by atoms with Gasteiger partial charge in [0.05, 0.1) is 30.2 Å². The Morgan fingerprint density at radius 3 is 2.20 bits per heavy atom. The summed E-state index contributed by atoms with van der Waals surface area (Å²) in [7, 11) is 0. The van der Waals surface area contributed by atoms with Crippen molar-refractivity contribution in [3.8, 4) is 24.3 Å². The van der Waals surface area contributed by atoms with E-state index in [1.807, 2.05) is 19.1 Å². The van der Waals surface area contributed by atoms with Gasteiger partial charge in [0.25, 0.3) is 0 Å². The molecule has 0 aromatic carbocycles. The molecule has 0 aliphatic rings. The highest BCUT2D eigenvalue weighted by Crippen LogP contribution is 2.45. The third-order valence-electron chi connectivity index (χ3n) is 3.94. The second-order valence-electron chi connectivity index (χ2n) is 5.42. The Bertz CT molecular complexity index is 933. The summed E-state index contributed by atoms with van der Waals surface area (Å²) in [6.07, 6.45) is 0. The summed E-state index contributed by atoms with van der Waals surface area (Å²) in [5, 5.41) is 39.8. The number of ketones is 1. The van der Waals surface area contributed by atoms with Gasteiger partial charge in [-0.25, -0.2) is 0 Å². The summed E-state index contributed by atoms with van der Waals surface area (Å²) in [5.74, 6) is -3.15. The zero-order chi connectivity index (χ0) is 18.6. The summed E-state index contributed by atoms with van der Waals surface area (Å²) in [6, 6.07) is 12.1. The molecule has 7 heteroatoms. The number of Topliss-reactive ketones (excluding diaryl/α,β-unsaturated/α-hetero) is 1. The quantitative estimate of drug-likeness (QED) is 0.742. The van der Waals surface area contributed by atoms with Crippen LogP contribution in [0.4, 0.5) is 0 Å². The Hall–Kier alpha value is -2.97. The van der Waals surface area contributed by atoms with Gasteiger partial charge in [-0.15, -0.1) is 22.7 Å². The second-order valence-corrected chi connectivity index (χ2v) is 7.86. The van der Waals surface area contributed by atoms with E-state index in [0.29, 0.717) is 10.4 Å². The topological polar surface area (TPSA) is 112 Å². The molecule has 1 unspecified atom stereocenters. The fraction of sp³-hybridized carbons (Fsp3) is 0.278. The van der Waals surface area contributed by atoms with Crippen LogP contribution in [-0.4, -0.2) is 5.78 Å². The number of carbonyl (C=O) groups is 1. The third-order valence-corrected chi connectivity index (χ3v) is 5.84. The Labute approximate surface area is 153 Å². The number of thiophene rings is 2. The van der Waals surface area contributed by atoms with Crippen LogP contribution in [0.5, 0.6) is 0 Å². The predicted molar refractivity (Wildman–Crippen MR) is 93.6 cm³/mol. The average Bonchev–Trinajstić information content (AvgIpc) is 3.23. The first-order chi connectivity index (χ1) is 11.9. The molecule has 0 spiro atoms. The van der Waals surface area contributed by atoms with E-state index < -0.39 is 23.0 Å². The van der Waals surface area contributed by atoms with E-state index in [4.69, 9.17) is 0 Å². The van der Waals surface area contributed by atoms with Crippen LogP contribution in [0.3, 0.4) is 0 Å². The standard InChI is InChI=1S/C18H12N4OS2/c1-11-6-14(12(2)25-11)17(23)16(15-4-3-5-24-15)18(9-21,10-22)13(7-19)8-20/h3-6,13,16H,1-2H3. The lowest BCUT2D eigenvalue weighted by Crippen LogP contribution is -2.37. The van der Waals surface area contributed by atoms with Crippen LogP contribution >= 0.6 is 22.7 Å². The molecule has 0 amide bonds. The molecule has 0 radical (unpaired) electrons. The minimum absolute atomic E-state index is 0.414. The summed E-state index contributed by atoms with van der Waals surface area (Å²) in [4.78, 5) is 15.5. The van der Waals surface area contributed by atoms with Crippen molar-refractivity contribution in [2.75, 3.05) is 0 Å². The molecule has 0 aliphatic carbocycles. The highest BCUT2D eigenvalue weighted by molar-refractivity contribution is 7.12. The van der Waals surface area contributed by atoms with Crippen LogP contribution in [0.2, 0.25) is 0 Å². The van der Waals surface area contributed by atoms with Crippen molar-refractivity contribution in [3.63, 3.8) is 0 Å². The lowest BCUT2D eigenvalue weighted by molar-refractivity contribution is 0.0915. The maximum atomic E-state index is 13.3. The summed E-state index contributed by atoms with van der Waals surface area (Å²) in [5.41, 5.74) is -1.65. The number of rotatable bonds is 5. The van der Waals surface area contributed by atoms with Gasteiger partial charge in [0, 0.05) is 20.2 Å². The number of nitriles is 4. The molecule has 0 fully saturated rings. The molecule has 2 aromatic heterocycles. The predicted octanol–water partition coefficient (Wildman–Crippen LogP) is 4.09. The molecule has 0 saturated carbocycles. The van der Waals surface area contributed by atoms with Gasteiger partial charge < -0.3 is 0 Å². The van der Waals surface area contributed by atoms with Crippen molar-refractivity contribution >= 4 is 28.5 Å². The Kier molecular flexibility index (Phi) is 5.35. The monoisotopic (exact) mass is 364 g/mol. The molecule has 1 atom stereocenters. The first-order valence-electron chi connectivity index (χ1n) is 7.21. The minimum atomic E-state index is -2.08. The van der Waals surface area contributed by atoms with Crippen LogP contribution in [0.1, 0.15) is 30.9 Å². The van der Waals surface area contributed by atoms with Crippen molar-refractivity contribution < 1.29 is 4.79 Å². The largest absolute Gasteiger partial charge is 0.293 e. The number of aryl methyl sites for hydroxylation is 2. The van der Waals surface area contributed by atoms with Gasteiger partial charge >= 0.3 is 0 Å². The van der Waals surface area contributed by atoms with Crippen molar-refractivity contribution in [2.45, 2.75) is 19.8 Å². The van der Waals surface area contributed by atoms with Gasteiger partial charge in [0.1, 0.15) is 0 Å². The molecule has 0 bridgehead atoms. The number of carbonyl (C=O) groups excluding carboxylic acids is 1. The second kappa shape index (κ2) is 7.29. The molecule has 0 aliphatic heterocycles. The third kappa shape index (κ3) is 3.04. The molecule has 2 heterocycles. The van der Waals surface area contributed by atoms with E-state index in [1.54, 1.807) is 42.6 Å². The van der Waals surface area contributed by atoms with Crippen LogP contribution in [0, 0.1) is 70.5 Å². The lowest BCUT2D eigenvalue weighted by Gasteiger charge is -2.27. The Morgan fingerprint density at radius 2 is 1.80 bits per heavy atom. The first kappa shape index (κ1) is 18.4. The molecule has 2 aromatic rings. The van der Waals surface area contributed by atoms with Crippen LogP contribution in [-0.2, 0) is 0 Å². The van der Waals surface area contributed by atoms with Gasteiger partial charge in [-0.1, -0.05) is 6.07 Å². The van der Waals surface area contributed by atoms with E-state index in [9.17, 15) is 25.8 Å². The number of hydrogen-bond acceptors (Lipinski definition) is 7. The van der Waals surface area contributed by atoms with Crippen LogP contribution in [0.15, 0.2) is 23.6 Å². The molecule has 0 saturated heterocycles. The van der Waals surface area contributed by atoms with Crippen molar-refractivity contribution in [1.29, 1.82) is 21.0 Å². The summed E-state index contributed by atoms with van der Waals surface area (Å²) < 4.78 is 0. The molecular weight excluding hydrogens is 352 g/mol. The van der Waals surface area contributed by atoms with Gasteiger partial charge in [0.2, 0.25) is 0 Å². The zero-order valence-corrected chi connectivity index (χ0v) is 15.1. The average molecular weight is 364 g/mol. The van der Waals surface area contributed by atoms with E-state index in [2.05, 4.69) is 0 Å². The van der Waals surface area contributed by atoms with E-state index in [0.717, 1.165) is 9.75 Å². The highest BCUT2D eigenvalue weighted by atomic mass is 32.1. The van der Waals surface area contributed by atoms with E-state index in [1.165, 1.54) is 22.7 Å². The van der Waals surface area contributed by atoms with Crippen LogP contribution < -0.4 is 0 Å². The summed E-state index contributed by atoms with van der Waals surface area (Å²) in [6.45, 7) is 3.66. The zero-order valence-electron chi connectivity index (χ0n) is 13.5. The molecule has 122 valence electrons.